The summed E-state index contributed by atoms with van der Waals surface area (Å²) in [6, 6.07) is 9.62. The van der Waals surface area contributed by atoms with Crippen LogP contribution < -0.4 is 10.1 Å². The lowest BCUT2D eigenvalue weighted by molar-refractivity contribution is 0.244. The SMILES string of the molecule is c1ccc2c(c1)OCC[C@H]2N[C@@H]1CCCSC1. The van der Waals surface area contributed by atoms with Gasteiger partial charge in [0, 0.05) is 29.8 Å². The van der Waals surface area contributed by atoms with Crippen LogP contribution in [0.5, 0.6) is 5.75 Å². The highest BCUT2D eigenvalue weighted by molar-refractivity contribution is 7.99. The van der Waals surface area contributed by atoms with Gasteiger partial charge in [-0.05, 0) is 24.7 Å². The summed E-state index contributed by atoms with van der Waals surface area (Å²) >= 11 is 2.08. The van der Waals surface area contributed by atoms with Crippen LogP contribution in [0.2, 0.25) is 0 Å². The lowest BCUT2D eigenvalue weighted by Crippen LogP contribution is -2.38. The van der Waals surface area contributed by atoms with Crippen LogP contribution in [-0.4, -0.2) is 24.2 Å². The van der Waals surface area contributed by atoms with E-state index in [0.29, 0.717) is 12.1 Å². The quantitative estimate of drug-likeness (QED) is 0.870. The molecule has 2 heterocycles. The van der Waals surface area contributed by atoms with Crippen molar-refractivity contribution in [3.05, 3.63) is 29.8 Å². The minimum absolute atomic E-state index is 0.489. The molecule has 0 unspecified atom stereocenters. The van der Waals surface area contributed by atoms with Crippen LogP contribution in [0.4, 0.5) is 0 Å². The van der Waals surface area contributed by atoms with Gasteiger partial charge in [0.1, 0.15) is 5.75 Å². The number of ether oxygens (including phenoxy) is 1. The summed E-state index contributed by atoms with van der Waals surface area (Å²) in [5.74, 6) is 3.67. The fourth-order valence-corrected chi connectivity index (χ4v) is 3.76. The van der Waals surface area contributed by atoms with Crippen molar-refractivity contribution in [2.45, 2.75) is 31.3 Å². The van der Waals surface area contributed by atoms with Gasteiger partial charge in [0.25, 0.3) is 0 Å². The molecule has 0 spiro atoms. The minimum Gasteiger partial charge on any atom is -0.493 e. The van der Waals surface area contributed by atoms with Gasteiger partial charge < -0.3 is 10.1 Å². The van der Waals surface area contributed by atoms with Gasteiger partial charge in [-0.25, -0.2) is 0 Å². The molecule has 92 valence electrons. The monoisotopic (exact) mass is 249 g/mol. The molecule has 0 aliphatic carbocycles. The average Bonchev–Trinajstić information content (AvgIpc) is 2.40. The standard InChI is InChI=1S/C14H19NOS/c1-2-6-14-12(5-1)13(7-8-16-14)15-11-4-3-9-17-10-11/h1-2,5-6,11,13,15H,3-4,7-10H2/t11-,13-/m1/s1. The summed E-state index contributed by atoms with van der Waals surface area (Å²) in [5.41, 5.74) is 1.34. The van der Waals surface area contributed by atoms with Gasteiger partial charge in [0.2, 0.25) is 0 Å². The average molecular weight is 249 g/mol. The van der Waals surface area contributed by atoms with E-state index in [1.54, 1.807) is 0 Å². The number of rotatable bonds is 2. The number of fused-ring (bicyclic) bond motifs is 1. The first-order valence-electron chi connectivity index (χ1n) is 6.49. The Kier molecular flexibility index (Phi) is 3.57. The molecule has 3 rings (SSSR count). The highest BCUT2D eigenvalue weighted by Crippen LogP contribution is 2.32. The number of nitrogens with one attached hydrogen (secondary N) is 1. The molecule has 2 aliphatic heterocycles. The number of hydrogen-bond donors (Lipinski definition) is 1. The van der Waals surface area contributed by atoms with Gasteiger partial charge in [0.05, 0.1) is 6.61 Å². The molecular formula is C14H19NOS. The summed E-state index contributed by atoms with van der Waals surface area (Å²) in [5, 5.41) is 3.81. The third-order valence-electron chi connectivity index (χ3n) is 3.56. The summed E-state index contributed by atoms with van der Waals surface area (Å²) in [6.45, 7) is 0.842. The first-order chi connectivity index (χ1) is 8.43. The zero-order chi connectivity index (χ0) is 11.5. The molecule has 1 aromatic rings. The van der Waals surface area contributed by atoms with Crippen molar-refractivity contribution < 1.29 is 4.74 Å². The maximum atomic E-state index is 5.70. The molecule has 2 atom stereocenters. The van der Waals surface area contributed by atoms with E-state index in [2.05, 4.69) is 41.3 Å². The van der Waals surface area contributed by atoms with Crippen molar-refractivity contribution in [1.29, 1.82) is 0 Å². The molecule has 2 aliphatic rings. The van der Waals surface area contributed by atoms with Gasteiger partial charge in [0.15, 0.2) is 0 Å². The van der Waals surface area contributed by atoms with E-state index in [4.69, 9.17) is 4.74 Å². The fraction of sp³-hybridized carbons (Fsp3) is 0.571. The van der Waals surface area contributed by atoms with E-state index >= 15 is 0 Å². The predicted molar refractivity (Wildman–Crippen MR) is 72.8 cm³/mol. The Labute approximate surface area is 107 Å². The number of para-hydroxylation sites is 1. The molecule has 0 saturated carbocycles. The van der Waals surface area contributed by atoms with Gasteiger partial charge in [-0.2, -0.15) is 11.8 Å². The molecule has 17 heavy (non-hydrogen) atoms. The molecule has 0 aromatic heterocycles. The molecule has 1 aromatic carbocycles. The van der Waals surface area contributed by atoms with E-state index in [1.165, 1.54) is 29.9 Å². The van der Waals surface area contributed by atoms with Crippen LogP contribution >= 0.6 is 11.8 Å². The molecule has 1 saturated heterocycles. The molecular weight excluding hydrogens is 230 g/mol. The Hall–Kier alpha value is -0.670. The third-order valence-corrected chi connectivity index (χ3v) is 4.77. The van der Waals surface area contributed by atoms with Crippen molar-refractivity contribution in [2.75, 3.05) is 18.1 Å². The number of benzene rings is 1. The Morgan fingerprint density at radius 3 is 3.06 bits per heavy atom. The summed E-state index contributed by atoms with van der Waals surface area (Å²) in [4.78, 5) is 0. The normalized spacial score (nSPS) is 28.2. The van der Waals surface area contributed by atoms with Crippen molar-refractivity contribution in [1.82, 2.24) is 5.32 Å². The molecule has 0 bridgehead atoms. The highest BCUT2D eigenvalue weighted by atomic mass is 32.2. The molecule has 1 fully saturated rings. The molecule has 0 amide bonds. The molecule has 2 nitrogen and oxygen atoms in total. The Morgan fingerprint density at radius 1 is 1.24 bits per heavy atom. The molecule has 0 radical (unpaired) electrons. The van der Waals surface area contributed by atoms with Crippen LogP contribution in [0, 0.1) is 0 Å². The fourth-order valence-electron chi connectivity index (χ4n) is 2.67. The number of hydrogen-bond acceptors (Lipinski definition) is 3. The van der Waals surface area contributed by atoms with E-state index in [1.807, 2.05) is 0 Å². The second kappa shape index (κ2) is 5.32. The maximum Gasteiger partial charge on any atom is 0.124 e. The Morgan fingerprint density at radius 2 is 2.18 bits per heavy atom. The topological polar surface area (TPSA) is 21.3 Å². The van der Waals surface area contributed by atoms with Crippen LogP contribution in [0.15, 0.2) is 24.3 Å². The van der Waals surface area contributed by atoms with Crippen molar-refractivity contribution in [3.63, 3.8) is 0 Å². The van der Waals surface area contributed by atoms with E-state index in [0.717, 1.165) is 18.8 Å². The lowest BCUT2D eigenvalue weighted by atomic mass is 9.99. The van der Waals surface area contributed by atoms with Crippen LogP contribution in [0.1, 0.15) is 30.9 Å². The van der Waals surface area contributed by atoms with Crippen molar-refractivity contribution >= 4 is 11.8 Å². The molecule has 3 heteroatoms. The second-order valence-electron chi connectivity index (χ2n) is 4.81. The maximum absolute atomic E-state index is 5.70. The minimum atomic E-state index is 0.489. The zero-order valence-corrected chi connectivity index (χ0v) is 10.8. The largest absolute Gasteiger partial charge is 0.493 e. The number of thioether (sulfide) groups is 1. The summed E-state index contributed by atoms with van der Waals surface area (Å²) in [6.07, 6.45) is 3.78. The van der Waals surface area contributed by atoms with Crippen LogP contribution in [0.25, 0.3) is 0 Å². The van der Waals surface area contributed by atoms with Gasteiger partial charge >= 0.3 is 0 Å². The van der Waals surface area contributed by atoms with E-state index < -0.39 is 0 Å². The third kappa shape index (κ3) is 2.61. The van der Waals surface area contributed by atoms with E-state index in [9.17, 15) is 0 Å². The lowest BCUT2D eigenvalue weighted by Gasteiger charge is -2.32. The van der Waals surface area contributed by atoms with E-state index in [-0.39, 0.29) is 0 Å². The van der Waals surface area contributed by atoms with Gasteiger partial charge in [-0.15, -0.1) is 0 Å². The van der Waals surface area contributed by atoms with Crippen molar-refractivity contribution in [3.8, 4) is 5.75 Å². The Balaban J connectivity index is 1.71. The summed E-state index contributed by atoms with van der Waals surface area (Å²) in [7, 11) is 0. The second-order valence-corrected chi connectivity index (χ2v) is 5.96. The molecule has 1 N–H and O–H groups in total. The Bertz CT molecular complexity index is 376. The van der Waals surface area contributed by atoms with Crippen LogP contribution in [0.3, 0.4) is 0 Å². The summed E-state index contributed by atoms with van der Waals surface area (Å²) < 4.78 is 5.70. The van der Waals surface area contributed by atoms with Crippen LogP contribution in [-0.2, 0) is 0 Å². The first kappa shape index (κ1) is 11.4. The highest BCUT2D eigenvalue weighted by Gasteiger charge is 2.24. The smallest absolute Gasteiger partial charge is 0.124 e. The first-order valence-corrected chi connectivity index (χ1v) is 7.64. The predicted octanol–water partition coefficient (Wildman–Crippen LogP) is 3.00. The van der Waals surface area contributed by atoms with Gasteiger partial charge in [-0.1, -0.05) is 18.2 Å². The van der Waals surface area contributed by atoms with Gasteiger partial charge in [-0.3, -0.25) is 0 Å². The zero-order valence-electron chi connectivity index (χ0n) is 10.0. The van der Waals surface area contributed by atoms with Crippen molar-refractivity contribution in [2.24, 2.45) is 0 Å².